The molecule has 3 N–H and O–H groups in total. The molecule has 4 heteroatoms. The van der Waals surface area contributed by atoms with Crippen molar-refractivity contribution in [2.24, 2.45) is 11.7 Å². The van der Waals surface area contributed by atoms with E-state index in [0.717, 1.165) is 38.3 Å². The van der Waals surface area contributed by atoms with Crippen LogP contribution in [0.25, 0.3) is 0 Å². The maximum Gasteiger partial charge on any atom is 0.122 e. The molecule has 1 fully saturated rings. The van der Waals surface area contributed by atoms with Gasteiger partial charge in [0.05, 0.1) is 6.61 Å². The van der Waals surface area contributed by atoms with Crippen LogP contribution in [0.4, 0.5) is 0 Å². The van der Waals surface area contributed by atoms with E-state index in [4.69, 9.17) is 15.9 Å². The Bertz CT molecular complexity index is 413. The predicted molar refractivity (Wildman–Crippen MR) is 72.7 cm³/mol. The molecule has 1 aromatic rings. The van der Waals surface area contributed by atoms with Gasteiger partial charge in [0.2, 0.25) is 0 Å². The summed E-state index contributed by atoms with van der Waals surface area (Å²) < 4.78 is 5.39. The summed E-state index contributed by atoms with van der Waals surface area (Å²) in [5, 5.41) is 7.44. The van der Waals surface area contributed by atoms with Gasteiger partial charge < -0.3 is 15.4 Å². The Morgan fingerprint density at radius 2 is 2.39 bits per heavy atom. The quantitative estimate of drug-likeness (QED) is 0.611. The molecule has 0 saturated carbocycles. The van der Waals surface area contributed by atoms with E-state index in [1.165, 1.54) is 5.56 Å². The number of nitrogen functional groups attached to an aromatic ring is 1. The highest BCUT2D eigenvalue weighted by atomic mass is 16.5. The molecule has 1 aromatic carbocycles. The zero-order valence-corrected chi connectivity index (χ0v) is 10.9. The van der Waals surface area contributed by atoms with E-state index < -0.39 is 0 Å². The third-order valence-corrected chi connectivity index (χ3v) is 3.28. The molecular weight excluding hydrogens is 226 g/mol. The molecule has 18 heavy (non-hydrogen) atoms. The standard InChI is InChI=1S/C14H21N3O/c1-17(9-12-5-6-18-10-12)8-11-3-2-4-13(7-11)14(15)16/h2-4,7,12H,5-6,8-10H2,1H3,(H3,15,16). The van der Waals surface area contributed by atoms with E-state index in [9.17, 15) is 0 Å². The zero-order valence-electron chi connectivity index (χ0n) is 10.9. The van der Waals surface area contributed by atoms with Gasteiger partial charge in [0.15, 0.2) is 0 Å². The first-order valence-electron chi connectivity index (χ1n) is 6.35. The molecule has 1 heterocycles. The fraction of sp³-hybridized carbons (Fsp3) is 0.500. The van der Waals surface area contributed by atoms with Crippen LogP contribution < -0.4 is 5.73 Å². The third-order valence-electron chi connectivity index (χ3n) is 3.28. The first-order chi connectivity index (χ1) is 8.65. The summed E-state index contributed by atoms with van der Waals surface area (Å²) in [7, 11) is 2.12. The topological polar surface area (TPSA) is 62.3 Å². The number of rotatable bonds is 5. The maximum atomic E-state index is 7.44. The Labute approximate surface area is 108 Å². The van der Waals surface area contributed by atoms with Gasteiger partial charge in [0.1, 0.15) is 5.84 Å². The van der Waals surface area contributed by atoms with E-state index in [2.05, 4.69) is 18.0 Å². The fourth-order valence-corrected chi connectivity index (χ4v) is 2.38. The molecule has 1 unspecified atom stereocenters. The van der Waals surface area contributed by atoms with E-state index >= 15 is 0 Å². The summed E-state index contributed by atoms with van der Waals surface area (Å²) in [6.45, 7) is 3.73. The lowest BCUT2D eigenvalue weighted by Crippen LogP contribution is -2.25. The van der Waals surface area contributed by atoms with Gasteiger partial charge in [-0.2, -0.15) is 0 Å². The van der Waals surface area contributed by atoms with Crippen LogP contribution in [-0.4, -0.2) is 37.5 Å². The molecular formula is C14H21N3O. The Morgan fingerprint density at radius 1 is 1.56 bits per heavy atom. The second kappa shape index (κ2) is 5.98. The van der Waals surface area contributed by atoms with Gasteiger partial charge >= 0.3 is 0 Å². The van der Waals surface area contributed by atoms with Crippen molar-refractivity contribution in [1.82, 2.24) is 4.90 Å². The number of amidine groups is 1. The molecule has 4 nitrogen and oxygen atoms in total. The van der Waals surface area contributed by atoms with Gasteiger partial charge in [-0.25, -0.2) is 0 Å². The number of ether oxygens (including phenoxy) is 1. The minimum atomic E-state index is 0.128. The summed E-state index contributed by atoms with van der Waals surface area (Å²) >= 11 is 0. The number of nitrogens with zero attached hydrogens (tertiary/aromatic N) is 1. The van der Waals surface area contributed by atoms with Gasteiger partial charge in [-0.1, -0.05) is 18.2 Å². The molecule has 0 bridgehead atoms. The molecule has 0 spiro atoms. The lowest BCUT2D eigenvalue weighted by atomic mass is 10.1. The molecule has 0 aromatic heterocycles. The van der Waals surface area contributed by atoms with Crippen molar-refractivity contribution in [3.63, 3.8) is 0 Å². The summed E-state index contributed by atoms with van der Waals surface area (Å²) in [6, 6.07) is 7.90. The molecule has 1 atom stereocenters. The average molecular weight is 247 g/mol. The van der Waals surface area contributed by atoms with Gasteiger partial charge in [-0.15, -0.1) is 0 Å². The Morgan fingerprint density at radius 3 is 3.06 bits per heavy atom. The van der Waals surface area contributed by atoms with Crippen molar-refractivity contribution in [2.75, 3.05) is 26.8 Å². The van der Waals surface area contributed by atoms with Gasteiger partial charge in [-0.05, 0) is 31.0 Å². The van der Waals surface area contributed by atoms with E-state index in [1.54, 1.807) is 0 Å². The Balaban J connectivity index is 1.91. The monoisotopic (exact) mass is 247 g/mol. The lowest BCUT2D eigenvalue weighted by molar-refractivity contribution is 0.173. The molecule has 98 valence electrons. The Kier molecular flexibility index (Phi) is 4.33. The second-order valence-corrected chi connectivity index (χ2v) is 5.04. The molecule has 1 aliphatic rings. The van der Waals surface area contributed by atoms with Crippen molar-refractivity contribution < 1.29 is 4.74 Å². The highest BCUT2D eigenvalue weighted by molar-refractivity contribution is 5.95. The second-order valence-electron chi connectivity index (χ2n) is 5.04. The van der Waals surface area contributed by atoms with Crippen LogP contribution in [0.2, 0.25) is 0 Å². The van der Waals surface area contributed by atoms with E-state index in [1.807, 2.05) is 18.2 Å². The maximum absolute atomic E-state index is 7.44. The number of nitrogens with two attached hydrogens (primary N) is 1. The van der Waals surface area contributed by atoms with Crippen molar-refractivity contribution in [3.05, 3.63) is 35.4 Å². The van der Waals surface area contributed by atoms with Gasteiger partial charge in [0, 0.05) is 25.3 Å². The van der Waals surface area contributed by atoms with E-state index in [0.29, 0.717) is 5.92 Å². The van der Waals surface area contributed by atoms with Crippen LogP contribution in [0.5, 0.6) is 0 Å². The smallest absolute Gasteiger partial charge is 0.122 e. The first-order valence-corrected chi connectivity index (χ1v) is 6.35. The molecule has 1 aliphatic heterocycles. The number of benzene rings is 1. The highest BCUT2D eigenvalue weighted by Gasteiger charge is 2.17. The summed E-state index contributed by atoms with van der Waals surface area (Å²) in [5.41, 5.74) is 7.49. The number of nitrogens with one attached hydrogen (secondary N) is 1. The minimum absolute atomic E-state index is 0.128. The van der Waals surface area contributed by atoms with Crippen LogP contribution in [0.3, 0.4) is 0 Å². The van der Waals surface area contributed by atoms with Crippen LogP contribution >= 0.6 is 0 Å². The lowest BCUT2D eigenvalue weighted by Gasteiger charge is -2.20. The van der Waals surface area contributed by atoms with Gasteiger partial charge in [-0.3, -0.25) is 5.41 Å². The highest BCUT2D eigenvalue weighted by Crippen LogP contribution is 2.15. The van der Waals surface area contributed by atoms with Crippen LogP contribution in [0.1, 0.15) is 17.5 Å². The molecule has 0 radical (unpaired) electrons. The van der Waals surface area contributed by atoms with Crippen molar-refractivity contribution in [1.29, 1.82) is 5.41 Å². The SMILES string of the molecule is CN(Cc1cccc(C(=N)N)c1)CC1CCOC1. The number of hydrogen-bond donors (Lipinski definition) is 2. The predicted octanol–water partition coefficient (Wildman–Crippen LogP) is 1.44. The largest absolute Gasteiger partial charge is 0.384 e. The number of hydrogen-bond acceptors (Lipinski definition) is 3. The normalized spacial score (nSPS) is 19.3. The average Bonchev–Trinajstić information content (AvgIpc) is 2.82. The van der Waals surface area contributed by atoms with Crippen LogP contribution in [0, 0.1) is 11.3 Å². The van der Waals surface area contributed by atoms with Crippen LogP contribution in [-0.2, 0) is 11.3 Å². The van der Waals surface area contributed by atoms with Crippen molar-refractivity contribution in [3.8, 4) is 0 Å². The van der Waals surface area contributed by atoms with Crippen LogP contribution in [0.15, 0.2) is 24.3 Å². The molecule has 0 amide bonds. The first kappa shape index (κ1) is 13.1. The van der Waals surface area contributed by atoms with Crippen molar-refractivity contribution >= 4 is 5.84 Å². The summed E-state index contributed by atoms with van der Waals surface area (Å²) in [6.07, 6.45) is 1.16. The zero-order chi connectivity index (χ0) is 13.0. The molecule has 0 aliphatic carbocycles. The Hall–Kier alpha value is -1.39. The molecule has 1 saturated heterocycles. The van der Waals surface area contributed by atoms with Gasteiger partial charge in [0.25, 0.3) is 0 Å². The van der Waals surface area contributed by atoms with E-state index in [-0.39, 0.29) is 5.84 Å². The fourth-order valence-electron chi connectivity index (χ4n) is 2.38. The summed E-state index contributed by atoms with van der Waals surface area (Å²) in [4.78, 5) is 2.30. The van der Waals surface area contributed by atoms with Crippen molar-refractivity contribution in [2.45, 2.75) is 13.0 Å². The minimum Gasteiger partial charge on any atom is -0.384 e. The third kappa shape index (κ3) is 3.55. The summed E-state index contributed by atoms with van der Waals surface area (Å²) in [5.74, 6) is 0.787. The molecule has 2 rings (SSSR count).